The maximum Gasteiger partial charge on any atom is 0.200 e. The zero-order valence-electron chi connectivity index (χ0n) is 9.99. The third kappa shape index (κ3) is 3.03. The first-order chi connectivity index (χ1) is 7.58. The van der Waals surface area contributed by atoms with Gasteiger partial charge in [-0.2, -0.15) is 0 Å². The fourth-order valence-electron chi connectivity index (χ4n) is 1.49. The van der Waals surface area contributed by atoms with Crippen LogP contribution in [0.15, 0.2) is 12.1 Å². The second-order valence-electron chi connectivity index (χ2n) is 3.86. The lowest BCUT2D eigenvalue weighted by atomic mass is 10.1. The standard InChI is InChI=1S/C12H19NO3/c1-8(13)4-5-9-6-10(15-2)12(14)11(7-9)16-3/h6-8,14H,4-5,13H2,1-3H3/t8-/m1/s1. The number of phenolic OH excluding ortho intramolecular Hbond substituents is 1. The number of nitrogens with two attached hydrogens (primary N) is 1. The van der Waals surface area contributed by atoms with Gasteiger partial charge in [-0.05, 0) is 37.5 Å². The predicted molar refractivity (Wildman–Crippen MR) is 63.2 cm³/mol. The quantitative estimate of drug-likeness (QED) is 0.800. The maximum atomic E-state index is 9.72. The molecule has 0 aliphatic carbocycles. The predicted octanol–water partition coefficient (Wildman–Crippen LogP) is 1.69. The van der Waals surface area contributed by atoms with Crippen molar-refractivity contribution in [3.05, 3.63) is 17.7 Å². The molecule has 0 fully saturated rings. The van der Waals surface area contributed by atoms with Gasteiger partial charge in [0, 0.05) is 6.04 Å². The van der Waals surface area contributed by atoms with Crippen molar-refractivity contribution in [1.29, 1.82) is 0 Å². The highest BCUT2D eigenvalue weighted by Gasteiger charge is 2.11. The molecule has 0 saturated heterocycles. The minimum Gasteiger partial charge on any atom is -0.502 e. The zero-order valence-corrected chi connectivity index (χ0v) is 9.99. The molecule has 0 spiro atoms. The fourth-order valence-corrected chi connectivity index (χ4v) is 1.49. The lowest BCUT2D eigenvalue weighted by molar-refractivity contribution is 0.339. The zero-order chi connectivity index (χ0) is 12.1. The molecular weight excluding hydrogens is 206 g/mol. The van der Waals surface area contributed by atoms with Gasteiger partial charge in [0.05, 0.1) is 14.2 Å². The second-order valence-corrected chi connectivity index (χ2v) is 3.86. The number of benzene rings is 1. The highest BCUT2D eigenvalue weighted by molar-refractivity contribution is 5.52. The highest BCUT2D eigenvalue weighted by Crippen LogP contribution is 2.37. The van der Waals surface area contributed by atoms with E-state index in [9.17, 15) is 5.11 Å². The molecule has 0 aliphatic heterocycles. The maximum absolute atomic E-state index is 9.72. The Balaban J connectivity index is 2.93. The number of aromatic hydroxyl groups is 1. The monoisotopic (exact) mass is 225 g/mol. The van der Waals surface area contributed by atoms with Crippen molar-refractivity contribution in [2.45, 2.75) is 25.8 Å². The summed E-state index contributed by atoms with van der Waals surface area (Å²) in [6, 6.07) is 3.77. The van der Waals surface area contributed by atoms with Crippen molar-refractivity contribution >= 4 is 0 Å². The molecule has 4 nitrogen and oxygen atoms in total. The van der Waals surface area contributed by atoms with E-state index in [0.717, 1.165) is 18.4 Å². The van der Waals surface area contributed by atoms with Gasteiger partial charge in [0.2, 0.25) is 5.75 Å². The molecular formula is C12H19NO3. The number of methoxy groups -OCH3 is 2. The third-order valence-electron chi connectivity index (χ3n) is 2.43. The number of hydrogen-bond acceptors (Lipinski definition) is 4. The van der Waals surface area contributed by atoms with Gasteiger partial charge in [0.15, 0.2) is 11.5 Å². The van der Waals surface area contributed by atoms with Crippen LogP contribution in [0.1, 0.15) is 18.9 Å². The average molecular weight is 225 g/mol. The van der Waals surface area contributed by atoms with Gasteiger partial charge in [0.1, 0.15) is 0 Å². The van der Waals surface area contributed by atoms with Crippen LogP contribution >= 0.6 is 0 Å². The van der Waals surface area contributed by atoms with Crippen LogP contribution in [0.5, 0.6) is 17.2 Å². The Morgan fingerprint density at radius 1 is 1.25 bits per heavy atom. The van der Waals surface area contributed by atoms with Crippen molar-refractivity contribution < 1.29 is 14.6 Å². The van der Waals surface area contributed by atoms with Crippen LogP contribution in [0.25, 0.3) is 0 Å². The first-order valence-electron chi connectivity index (χ1n) is 5.28. The fraction of sp³-hybridized carbons (Fsp3) is 0.500. The van der Waals surface area contributed by atoms with Crippen LogP contribution in [0.3, 0.4) is 0 Å². The summed E-state index contributed by atoms with van der Waals surface area (Å²) in [6.07, 6.45) is 1.72. The Labute approximate surface area is 96.0 Å². The van der Waals surface area contributed by atoms with E-state index >= 15 is 0 Å². The molecule has 0 saturated carbocycles. The molecule has 4 heteroatoms. The van der Waals surface area contributed by atoms with Crippen molar-refractivity contribution in [3.63, 3.8) is 0 Å². The summed E-state index contributed by atoms with van der Waals surface area (Å²) in [5.74, 6) is 0.896. The summed E-state index contributed by atoms with van der Waals surface area (Å²) < 4.78 is 10.1. The molecule has 0 amide bonds. The minimum atomic E-state index is 0.0366. The molecule has 0 unspecified atom stereocenters. The molecule has 0 radical (unpaired) electrons. The summed E-state index contributed by atoms with van der Waals surface area (Å²) in [5, 5.41) is 9.72. The third-order valence-corrected chi connectivity index (χ3v) is 2.43. The summed E-state index contributed by atoms with van der Waals surface area (Å²) >= 11 is 0. The highest BCUT2D eigenvalue weighted by atomic mass is 16.5. The molecule has 0 bridgehead atoms. The van der Waals surface area contributed by atoms with E-state index in [1.54, 1.807) is 12.1 Å². The Bertz CT molecular complexity index is 325. The molecule has 0 heterocycles. The van der Waals surface area contributed by atoms with Crippen LogP contribution in [0, 0.1) is 0 Å². The Kier molecular flexibility index (Phi) is 4.43. The van der Waals surface area contributed by atoms with Gasteiger partial charge in [-0.15, -0.1) is 0 Å². The normalized spacial score (nSPS) is 12.2. The van der Waals surface area contributed by atoms with E-state index in [1.165, 1.54) is 14.2 Å². The van der Waals surface area contributed by atoms with Crippen molar-refractivity contribution in [2.24, 2.45) is 5.73 Å². The topological polar surface area (TPSA) is 64.7 Å². The van der Waals surface area contributed by atoms with Gasteiger partial charge in [-0.1, -0.05) is 0 Å². The molecule has 0 aliphatic rings. The number of hydrogen-bond donors (Lipinski definition) is 2. The largest absolute Gasteiger partial charge is 0.502 e. The van der Waals surface area contributed by atoms with Gasteiger partial charge in [0.25, 0.3) is 0 Å². The van der Waals surface area contributed by atoms with E-state index < -0.39 is 0 Å². The number of ether oxygens (including phenoxy) is 2. The first kappa shape index (κ1) is 12.6. The summed E-state index contributed by atoms with van der Waals surface area (Å²) in [5.41, 5.74) is 6.74. The first-order valence-corrected chi connectivity index (χ1v) is 5.28. The molecule has 1 aromatic carbocycles. The summed E-state index contributed by atoms with van der Waals surface area (Å²) in [7, 11) is 3.04. The van der Waals surface area contributed by atoms with Crippen LogP contribution in [-0.4, -0.2) is 25.4 Å². The molecule has 90 valence electrons. The average Bonchev–Trinajstić information content (AvgIpc) is 2.27. The summed E-state index contributed by atoms with van der Waals surface area (Å²) in [6.45, 7) is 1.97. The van der Waals surface area contributed by atoms with Gasteiger partial charge in [-0.25, -0.2) is 0 Å². The van der Waals surface area contributed by atoms with E-state index in [2.05, 4.69) is 0 Å². The van der Waals surface area contributed by atoms with Crippen molar-refractivity contribution in [3.8, 4) is 17.2 Å². The number of rotatable bonds is 5. The smallest absolute Gasteiger partial charge is 0.200 e. The van der Waals surface area contributed by atoms with Crippen LogP contribution in [0.4, 0.5) is 0 Å². The molecule has 1 aromatic rings. The van der Waals surface area contributed by atoms with Gasteiger partial charge >= 0.3 is 0 Å². The molecule has 1 rings (SSSR count). The molecule has 0 aromatic heterocycles. The van der Waals surface area contributed by atoms with Crippen LogP contribution in [-0.2, 0) is 6.42 Å². The van der Waals surface area contributed by atoms with E-state index in [1.807, 2.05) is 6.92 Å². The van der Waals surface area contributed by atoms with Crippen LogP contribution in [0.2, 0.25) is 0 Å². The Morgan fingerprint density at radius 2 is 1.75 bits per heavy atom. The van der Waals surface area contributed by atoms with Crippen molar-refractivity contribution in [2.75, 3.05) is 14.2 Å². The Hall–Kier alpha value is -1.42. The Morgan fingerprint density at radius 3 is 2.12 bits per heavy atom. The molecule has 1 atom stereocenters. The van der Waals surface area contributed by atoms with Gasteiger partial charge < -0.3 is 20.3 Å². The SMILES string of the molecule is COc1cc(CC[C@@H](C)N)cc(OC)c1O. The minimum absolute atomic E-state index is 0.0366. The lowest BCUT2D eigenvalue weighted by Gasteiger charge is -2.12. The van der Waals surface area contributed by atoms with Gasteiger partial charge in [-0.3, -0.25) is 0 Å². The number of aryl methyl sites for hydroxylation is 1. The lowest BCUT2D eigenvalue weighted by Crippen LogP contribution is -2.15. The summed E-state index contributed by atoms with van der Waals surface area (Å²) in [4.78, 5) is 0. The van der Waals surface area contributed by atoms with E-state index in [-0.39, 0.29) is 11.8 Å². The molecule has 16 heavy (non-hydrogen) atoms. The van der Waals surface area contributed by atoms with E-state index in [0.29, 0.717) is 11.5 Å². The molecule has 3 N–H and O–H groups in total. The number of phenols is 1. The van der Waals surface area contributed by atoms with Crippen LogP contribution < -0.4 is 15.2 Å². The second kappa shape index (κ2) is 5.61. The van der Waals surface area contributed by atoms with E-state index in [4.69, 9.17) is 15.2 Å². The van der Waals surface area contributed by atoms with Crippen molar-refractivity contribution in [1.82, 2.24) is 0 Å².